The van der Waals surface area contributed by atoms with E-state index in [1.165, 1.54) is 0 Å². The fraction of sp³-hybridized carbons (Fsp3) is 0.522. The van der Waals surface area contributed by atoms with Crippen molar-refractivity contribution in [2.45, 2.75) is 51.9 Å². The van der Waals surface area contributed by atoms with Crippen LogP contribution in [0.3, 0.4) is 0 Å². The van der Waals surface area contributed by atoms with Crippen molar-refractivity contribution in [2.75, 3.05) is 19.7 Å². The first-order valence-electron chi connectivity index (χ1n) is 10.5. The Balaban J connectivity index is 1.56. The van der Waals surface area contributed by atoms with E-state index in [0.717, 1.165) is 80.2 Å². The largest absolute Gasteiger partial charge is 0.452 e. The highest BCUT2D eigenvalue weighted by molar-refractivity contribution is 6.05. The molecule has 0 bridgehead atoms. The summed E-state index contributed by atoms with van der Waals surface area (Å²) in [6.07, 6.45) is 7.06. The number of amides is 1. The van der Waals surface area contributed by atoms with Crippen LogP contribution >= 0.6 is 0 Å². The second-order valence-corrected chi connectivity index (χ2v) is 8.13. The van der Waals surface area contributed by atoms with Crippen molar-refractivity contribution < 1.29 is 14.3 Å². The van der Waals surface area contributed by atoms with Gasteiger partial charge in [-0.2, -0.15) is 0 Å². The number of benzene rings is 1. The fourth-order valence-electron chi connectivity index (χ4n) is 4.33. The number of esters is 1. The number of rotatable bonds is 3. The maximum Gasteiger partial charge on any atom is 0.339 e. The Morgan fingerprint density at radius 3 is 2.68 bits per heavy atom. The van der Waals surface area contributed by atoms with Crippen LogP contribution < -0.4 is 0 Å². The second kappa shape index (κ2) is 8.29. The van der Waals surface area contributed by atoms with E-state index in [1.807, 2.05) is 29.2 Å². The Morgan fingerprint density at radius 1 is 1.11 bits per heavy atom. The lowest BCUT2D eigenvalue weighted by molar-refractivity contribution is -0.135. The molecule has 5 heteroatoms. The van der Waals surface area contributed by atoms with Crippen molar-refractivity contribution in [3.8, 4) is 0 Å². The molecule has 1 amide bonds. The van der Waals surface area contributed by atoms with Crippen LogP contribution in [0, 0.1) is 5.92 Å². The molecule has 2 aromatic rings. The average Bonchev–Trinajstić information content (AvgIpc) is 2.95. The van der Waals surface area contributed by atoms with E-state index in [2.05, 4.69) is 6.92 Å². The molecule has 0 N–H and O–H groups in total. The summed E-state index contributed by atoms with van der Waals surface area (Å²) in [5, 5.41) is 0.826. The molecule has 1 aliphatic heterocycles. The molecule has 0 saturated carbocycles. The third-order valence-corrected chi connectivity index (χ3v) is 6.09. The fourth-order valence-corrected chi connectivity index (χ4v) is 4.33. The zero-order valence-corrected chi connectivity index (χ0v) is 16.6. The van der Waals surface area contributed by atoms with E-state index in [-0.39, 0.29) is 12.5 Å². The first kappa shape index (κ1) is 18.9. The Morgan fingerprint density at radius 2 is 1.86 bits per heavy atom. The van der Waals surface area contributed by atoms with Gasteiger partial charge >= 0.3 is 5.97 Å². The van der Waals surface area contributed by atoms with E-state index in [0.29, 0.717) is 11.5 Å². The summed E-state index contributed by atoms with van der Waals surface area (Å²) in [6, 6.07) is 7.73. The van der Waals surface area contributed by atoms with E-state index >= 15 is 0 Å². The molecule has 148 valence electrons. The molecule has 0 radical (unpaired) electrons. The minimum atomic E-state index is -0.393. The van der Waals surface area contributed by atoms with Crippen LogP contribution in [-0.4, -0.2) is 41.5 Å². The molecule has 2 aliphatic rings. The summed E-state index contributed by atoms with van der Waals surface area (Å²) >= 11 is 0. The van der Waals surface area contributed by atoms with Gasteiger partial charge in [0.15, 0.2) is 6.61 Å². The van der Waals surface area contributed by atoms with Gasteiger partial charge in [-0.05, 0) is 56.1 Å². The van der Waals surface area contributed by atoms with E-state index < -0.39 is 5.97 Å². The van der Waals surface area contributed by atoms with Gasteiger partial charge in [0.25, 0.3) is 5.91 Å². The number of carbonyl (C=O) groups excluding carboxylic acids is 2. The third kappa shape index (κ3) is 3.89. The summed E-state index contributed by atoms with van der Waals surface area (Å²) in [5.41, 5.74) is 3.47. The van der Waals surface area contributed by atoms with Crippen LogP contribution in [0.4, 0.5) is 0 Å². The number of aryl methyl sites for hydroxylation is 1. The molecule has 1 aliphatic carbocycles. The molecule has 0 atom stereocenters. The van der Waals surface area contributed by atoms with Gasteiger partial charge in [-0.25, -0.2) is 4.79 Å². The van der Waals surface area contributed by atoms with Crippen LogP contribution in [0.5, 0.6) is 0 Å². The number of carbonyl (C=O) groups is 2. The van der Waals surface area contributed by atoms with Gasteiger partial charge in [0.2, 0.25) is 0 Å². The molecule has 1 fully saturated rings. The van der Waals surface area contributed by atoms with Crippen molar-refractivity contribution in [1.82, 2.24) is 9.88 Å². The Labute approximate surface area is 166 Å². The highest BCUT2D eigenvalue weighted by Gasteiger charge is 2.25. The molecule has 5 nitrogen and oxygen atoms in total. The molecule has 1 saturated heterocycles. The second-order valence-electron chi connectivity index (χ2n) is 8.13. The van der Waals surface area contributed by atoms with Gasteiger partial charge in [0.1, 0.15) is 0 Å². The molecule has 4 rings (SSSR count). The van der Waals surface area contributed by atoms with E-state index in [1.54, 1.807) is 0 Å². The van der Waals surface area contributed by atoms with Crippen molar-refractivity contribution >= 4 is 22.8 Å². The minimum absolute atomic E-state index is 0.0929. The zero-order valence-electron chi connectivity index (χ0n) is 16.6. The van der Waals surface area contributed by atoms with Crippen LogP contribution in [0.1, 0.15) is 60.6 Å². The van der Waals surface area contributed by atoms with Crippen LogP contribution in [0.15, 0.2) is 24.3 Å². The number of hydrogen-bond acceptors (Lipinski definition) is 4. The van der Waals surface area contributed by atoms with Gasteiger partial charge in [-0.15, -0.1) is 0 Å². The summed E-state index contributed by atoms with van der Waals surface area (Å²) in [6.45, 7) is 3.54. The van der Waals surface area contributed by atoms with Crippen LogP contribution in [0.2, 0.25) is 0 Å². The number of para-hydroxylation sites is 1. The molecular formula is C23H28N2O3. The quantitative estimate of drug-likeness (QED) is 0.598. The smallest absolute Gasteiger partial charge is 0.339 e. The molecule has 28 heavy (non-hydrogen) atoms. The average molecular weight is 380 g/mol. The number of hydrogen-bond donors (Lipinski definition) is 0. The maximum atomic E-state index is 13.1. The van der Waals surface area contributed by atoms with Crippen LogP contribution in [0.25, 0.3) is 10.9 Å². The third-order valence-electron chi connectivity index (χ3n) is 6.09. The lowest BCUT2D eigenvalue weighted by atomic mass is 9.97. The van der Waals surface area contributed by atoms with Gasteiger partial charge < -0.3 is 9.64 Å². The summed E-state index contributed by atoms with van der Waals surface area (Å²) in [4.78, 5) is 32.2. The Bertz CT molecular complexity index is 885. The number of piperidine rings is 1. The monoisotopic (exact) mass is 380 g/mol. The molecule has 1 aromatic carbocycles. The van der Waals surface area contributed by atoms with Crippen molar-refractivity contribution in [3.05, 3.63) is 41.1 Å². The lowest BCUT2D eigenvalue weighted by Crippen LogP contribution is -2.40. The molecule has 0 spiro atoms. The first-order valence-corrected chi connectivity index (χ1v) is 10.5. The minimum Gasteiger partial charge on any atom is -0.452 e. The maximum absolute atomic E-state index is 13.1. The molecule has 2 heterocycles. The number of nitrogens with zero attached hydrogens (tertiary/aromatic N) is 2. The van der Waals surface area contributed by atoms with Gasteiger partial charge in [0.05, 0.1) is 11.1 Å². The summed E-state index contributed by atoms with van der Waals surface area (Å²) in [7, 11) is 0. The van der Waals surface area contributed by atoms with Crippen molar-refractivity contribution in [2.24, 2.45) is 5.92 Å². The number of pyridine rings is 1. The van der Waals surface area contributed by atoms with Crippen molar-refractivity contribution in [1.29, 1.82) is 0 Å². The first-order chi connectivity index (χ1) is 13.6. The number of ether oxygens (including phenoxy) is 1. The van der Waals surface area contributed by atoms with E-state index in [4.69, 9.17) is 9.72 Å². The van der Waals surface area contributed by atoms with Gasteiger partial charge in [0, 0.05) is 24.2 Å². The van der Waals surface area contributed by atoms with Gasteiger partial charge in [-0.3, -0.25) is 9.78 Å². The Hall–Kier alpha value is -2.43. The predicted molar refractivity (Wildman–Crippen MR) is 108 cm³/mol. The van der Waals surface area contributed by atoms with Crippen LogP contribution in [-0.2, 0) is 22.4 Å². The highest BCUT2D eigenvalue weighted by Crippen LogP contribution is 2.29. The molecule has 0 unspecified atom stereocenters. The van der Waals surface area contributed by atoms with Crippen molar-refractivity contribution in [3.63, 3.8) is 0 Å². The molecule has 1 aromatic heterocycles. The highest BCUT2D eigenvalue weighted by atomic mass is 16.5. The summed E-state index contributed by atoms with van der Waals surface area (Å²) in [5.74, 6) is 0.172. The topological polar surface area (TPSA) is 59.5 Å². The number of aromatic nitrogens is 1. The van der Waals surface area contributed by atoms with Gasteiger partial charge in [-0.1, -0.05) is 31.5 Å². The molecular weight excluding hydrogens is 352 g/mol. The van der Waals surface area contributed by atoms with E-state index in [9.17, 15) is 9.59 Å². The zero-order chi connectivity index (χ0) is 19.5. The number of likely N-dealkylation sites (tertiary alicyclic amines) is 1. The Kier molecular flexibility index (Phi) is 5.60. The lowest BCUT2D eigenvalue weighted by Gasteiger charge is -2.30. The standard InChI is InChI=1S/C23H28N2O3/c1-16-11-13-25(14-12-16)21(26)15-28-23(27)22-17-7-3-2-4-9-19(17)24-20-10-6-5-8-18(20)22/h5-6,8,10,16H,2-4,7,9,11-15H2,1H3. The SMILES string of the molecule is CC1CCN(C(=O)COC(=O)c2c3c(nc4ccccc24)CCCCC3)CC1. The summed E-state index contributed by atoms with van der Waals surface area (Å²) < 4.78 is 5.53. The predicted octanol–water partition coefficient (Wildman–Crippen LogP) is 3.92. The number of fused-ring (bicyclic) bond motifs is 2. The normalized spacial score (nSPS) is 17.8.